The molecule has 2 heterocycles. The van der Waals surface area contributed by atoms with Gasteiger partial charge in [0.1, 0.15) is 13.5 Å². The fraction of sp³-hybridized carbons (Fsp3) is 0.500. The Morgan fingerprint density at radius 1 is 1.29 bits per heavy atom. The number of fused-ring (bicyclic) bond motifs is 1. The number of nitriles is 1. The van der Waals surface area contributed by atoms with Gasteiger partial charge < -0.3 is 15.5 Å². The summed E-state index contributed by atoms with van der Waals surface area (Å²) in [7, 11) is 5.75. The van der Waals surface area contributed by atoms with Crippen molar-refractivity contribution in [1.29, 1.82) is 5.26 Å². The van der Waals surface area contributed by atoms with Crippen LogP contribution in [0.5, 0.6) is 0 Å². The maximum atomic E-state index is 11.9. The molecular weight excluding hydrogens is 536 g/mol. The van der Waals surface area contributed by atoms with Crippen LogP contribution in [-0.2, 0) is 14.4 Å². The Morgan fingerprint density at radius 3 is 2.37 bits per heavy atom. The van der Waals surface area contributed by atoms with Gasteiger partial charge in [-0.15, -0.1) is 6.42 Å². The second-order valence-electron chi connectivity index (χ2n) is 10.8. The van der Waals surface area contributed by atoms with Crippen molar-refractivity contribution in [2.45, 2.75) is 53.8 Å². The third kappa shape index (κ3) is 10.1. The average Bonchev–Trinajstić information content (AvgIpc) is 3.17. The third-order valence-electron chi connectivity index (χ3n) is 6.09. The number of terminal acetylenes is 1. The van der Waals surface area contributed by atoms with Crippen molar-refractivity contribution >= 4 is 42.4 Å². The van der Waals surface area contributed by atoms with Crippen molar-refractivity contribution < 1.29 is 27.6 Å². The number of halogens is 3. The van der Waals surface area contributed by atoms with E-state index < -0.39 is 30.6 Å². The van der Waals surface area contributed by atoms with Crippen LogP contribution in [0, 0.1) is 40.9 Å². The van der Waals surface area contributed by atoms with E-state index in [1.54, 1.807) is 23.5 Å². The van der Waals surface area contributed by atoms with Crippen molar-refractivity contribution in [3.63, 3.8) is 0 Å². The van der Waals surface area contributed by atoms with Gasteiger partial charge >= 0.3 is 12.1 Å². The molecule has 0 aliphatic carbocycles. The molecule has 1 aromatic heterocycles. The zero-order valence-electron chi connectivity index (χ0n) is 24.0. The molecule has 0 saturated carbocycles. The Balaban J connectivity index is 0.000000363. The molecule has 13 heteroatoms. The van der Waals surface area contributed by atoms with Crippen molar-refractivity contribution in [2.75, 3.05) is 19.6 Å². The number of benzene rings is 1. The van der Waals surface area contributed by atoms with Crippen LogP contribution >= 0.6 is 0 Å². The van der Waals surface area contributed by atoms with E-state index in [2.05, 4.69) is 42.2 Å². The summed E-state index contributed by atoms with van der Waals surface area (Å²) in [6, 6.07) is 6.19. The normalized spacial score (nSPS) is 16.2. The quantitative estimate of drug-likeness (QED) is 0.323. The molecule has 1 unspecified atom stereocenters. The van der Waals surface area contributed by atoms with Gasteiger partial charge in [0.15, 0.2) is 6.04 Å². The van der Waals surface area contributed by atoms with E-state index in [9.17, 15) is 27.6 Å². The van der Waals surface area contributed by atoms with Crippen LogP contribution in [0.3, 0.4) is 0 Å². The molecule has 3 amide bonds. The molecule has 9 nitrogen and oxygen atoms in total. The van der Waals surface area contributed by atoms with E-state index >= 15 is 0 Å². The zero-order chi connectivity index (χ0) is 31.5. The number of alkyl halides is 3. The van der Waals surface area contributed by atoms with Crippen LogP contribution in [0.2, 0.25) is 0 Å². The number of nitrogens with zero attached hydrogens (tertiary/aromatic N) is 4. The van der Waals surface area contributed by atoms with Crippen LogP contribution in [0.1, 0.15) is 58.8 Å². The van der Waals surface area contributed by atoms with Gasteiger partial charge in [-0.25, -0.2) is 0 Å². The van der Waals surface area contributed by atoms with Gasteiger partial charge in [-0.1, -0.05) is 59.6 Å². The first-order valence-electron chi connectivity index (χ1n) is 12.7. The van der Waals surface area contributed by atoms with Gasteiger partial charge in [0, 0.05) is 29.6 Å². The minimum absolute atomic E-state index is 0.0519. The second-order valence-corrected chi connectivity index (χ2v) is 10.8. The molecule has 1 fully saturated rings. The summed E-state index contributed by atoms with van der Waals surface area (Å²) in [5.74, 6) is 1.06. The predicted octanol–water partition coefficient (Wildman–Crippen LogP) is 2.55. The predicted molar refractivity (Wildman–Crippen MR) is 150 cm³/mol. The molecule has 2 N–H and O–H groups in total. The largest absolute Gasteiger partial charge is 0.471 e. The lowest BCUT2D eigenvalue weighted by atomic mass is 9.84. The van der Waals surface area contributed by atoms with Gasteiger partial charge in [0.25, 0.3) is 0 Å². The highest BCUT2D eigenvalue weighted by molar-refractivity contribution is 6.37. The summed E-state index contributed by atoms with van der Waals surface area (Å²) < 4.78 is 35.8. The SMILES string of the molecule is CC(C)C.C[C@H]1CN(C(=O)CNC(=O)C(F)(F)F)CC1(C)C.[B]c1nnc(C(C#N)NC=O)c2c(C#C)cccc12. The van der Waals surface area contributed by atoms with E-state index in [4.69, 9.17) is 19.5 Å². The Kier molecular flexibility index (Phi) is 12.8. The van der Waals surface area contributed by atoms with Gasteiger partial charge in [0.05, 0.1) is 12.6 Å². The number of hydrogen-bond donors (Lipinski definition) is 2. The summed E-state index contributed by atoms with van der Waals surface area (Å²) in [6.07, 6.45) is 0.919. The number of aromatic nitrogens is 2. The Morgan fingerprint density at radius 2 is 1.90 bits per heavy atom. The van der Waals surface area contributed by atoms with Crippen LogP contribution in [0.4, 0.5) is 13.2 Å². The van der Waals surface area contributed by atoms with Gasteiger partial charge in [-0.3, -0.25) is 14.4 Å². The maximum absolute atomic E-state index is 11.9. The van der Waals surface area contributed by atoms with Crippen molar-refractivity contribution in [2.24, 2.45) is 17.3 Å². The van der Waals surface area contributed by atoms with Crippen molar-refractivity contribution in [3.05, 3.63) is 29.5 Å². The molecule has 2 radical (unpaired) electrons. The highest BCUT2D eigenvalue weighted by Gasteiger charge is 2.41. The fourth-order valence-corrected chi connectivity index (χ4v) is 3.67. The molecule has 218 valence electrons. The lowest BCUT2D eigenvalue weighted by molar-refractivity contribution is -0.174. The van der Waals surface area contributed by atoms with Crippen LogP contribution in [-0.4, -0.2) is 67.0 Å². The Hall–Kier alpha value is -4.13. The van der Waals surface area contributed by atoms with E-state index in [0.29, 0.717) is 35.8 Å². The number of amides is 3. The molecule has 0 spiro atoms. The van der Waals surface area contributed by atoms with E-state index in [1.165, 1.54) is 4.90 Å². The molecule has 1 aliphatic heterocycles. The minimum Gasteiger partial charge on any atom is -0.340 e. The van der Waals surface area contributed by atoms with E-state index in [0.717, 1.165) is 5.92 Å². The molecule has 3 rings (SSSR count). The van der Waals surface area contributed by atoms with Gasteiger partial charge in [-0.05, 0) is 28.7 Å². The molecule has 1 aliphatic rings. The Labute approximate surface area is 239 Å². The third-order valence-corrected chi connectivity index (χ3v) is 6.09. The summed E-state index contributed by atoms with van der Waals surface area (Å²) in [4.78, 5) is 34.2. The van der Waals surface area contributed by atoms with Crippen LogP contribution in [0.25, 0.3) is 10.8 Å². The second kappa shape index (κ2) is 15.0. The summed E-state index contributed by atoms with van der Waals surface area (Å²) in [5, 5.41) is 21.9. The number of nitrogens with one attached hydrogen (secondary N) is 2. The van der Waals surface area contributed by atoms with Gasteiger partial charge in [-0.2, -0.15) is 28.6 Å². The van der Waals surface area contributed by atoms with Gasteiger partial charge in [0.2, 0.25) is 12.3 Å². The molecule has 1 aromatic carbocycles. The highest BCUT2D eigenvalue weighted by atomic mass is 19.4. The number of rotatable bonds is 5. The number of likely N-dealkylation sites (tertiary alicyclic amines) is 1. The first-order chi connectivity index (χ1) is 19.0. The lowest BCUT2D eigenvalue weighted by Crippen LogP contribution is -2.44. The zero-order valence-corrected chi connectivity index (χ0v) is 24.0. The molecule has 1 saturated heterocycles. The van der Waals surface area contributed by atoms with E-state index in [1.807, 2.05) is 26.8 Å². The molecule has 2 aromatic rings. The number of carbonyl (C=O) groups excluding carboxylic acids is 3. The molecule has 41 heavy (non-hydrogen) atoms. The Bertz CT molecular complexity index is 1320. The highest BCUT2D eigenvalue weighted by Crippen LogP contribution is 2.34. The number of carbonyl (C=O) groups is 3. The summed E-state index contributed by atoms with van der Waals surface area (Å²) >= 11 is 0. The lowest BCUT2D eigenvalue weighted by Gasteiger charge is -2.22. The topological polar surface area (TPSA) is 128 Å². The minimum atomic E-state index is -4.95. The van der Waals surface area contributed by atoms with Crippen molar-refractivity contribution in [3.8, 4) is 18.4 Å². The van der Waals surface area contributed by atoms with Crippen LogP contribution < -0.4 is 16.2 Å². The summed E-state index contributed by atoms with van der Waals surface area (Å²) in [6.45, 7) is 12.9. The fourth-order valence-electron chi connectivity index (χ4n) is 3.67. The first-order valence-corrected chi connectivity index (χ1v) is 12.7. The maximum Gasteiger partial charge on any atom is 0.471 e. The number of hydrogen-bond acceptors (Lipinski definition) is 6. The summed E-state index contributed by atoms with van der Waals surface area (Å²) in [5.41, 5.74) is 0.997. The van der Waals surface area contributed by atoms with Crippen LogP contribution in [0.15, 0.2) is 18.2 Å². The first kappa shape index (κ1) is 34.9. The molecule has 2 atom stereocenters. The monoisotopic (exact) mass is 570 g/mol. The van der Waals surface area contributed by atoms with Crippen molar-refractivity contribution in [1.82, 2.24) is 25.7 Å². The smallest absolute Gasteiger partial charge is 0.340 e. The van der Waals surface area contributed by atoms with E-state index in [-0.39, 0.29) is 22.6 Å². The average molecular weight is 570 g/mol. The molecular formula is C28H34BF3N6O3. The standard InChI is InChI=1S/C13H7BN4O.C11H17F3N2O2.C4H10/c1-2-8-4-3-5-9-11(8)12(17-18-13(9)14)10(6-15)16-7-19;1-7-5-16(6-10(7,2)3)8(17)4-15-9(18)11(12,13)14;1-4(2)3/h1,3-5,7,10H,(H,16,19);7H,4-6H2,1-3H3,(H,15,18);4H,1-3H3/t;7-;/m.0./s1. The molecule has 0 bridgehead atoms.